The number of amides is 1. The highest BCUT2D eigenvalue weighted by Crippen LogP contribution is 2.30. The normalized spacial score (nSPS) is 14.0. The molecule has 2 heterocycles. The number of carbonyl (C=O) groups is 1. The number of ether oxygens (including phenoxy) is 1. The largest absolute Gasteiger partial charge is 0.497 e. The fourth-order valence-corrected chi connectivity index (χ4v) is 3.55. The Morgan fingerprint density at radius 3 is 2.75 bits per heavy atom. The van der Waals surface area contributed by atoms with E-state index in [4.69, 9.17) is 9.15 Å². The number of hydrogen-bond donors (Lipinski definition) is 1. The van der Waals surface area contributed by atoms with Crippen molar-refractivity contribution >= 4 is 17.3 Å². The van der Waals surface area contributed by atoms with Crippen LogP contribution in [0.5, 0.6) is 5.75 Å². The molecule has 0 unspecified atom stereocenters. The van der Waals surface area contributed by atoms with Gasteiger partial charge in [0.15, 0.2) is 17.8 Å². The van der Waals surface area contributed by atoms with Crippen LogP contribution >= 0.6 is 0 Å². The number of nitrogens with one attached hydrogen (secondary N) is 1. The lowest BCUT2D eigenvalue weighted by Gasteiger charge is -2.30. The van der Waals surface area contributed by atoms with Gasteiger partial charge in [0.1, 0.15) is 5.75 Å². The Kier molecular flexibility index (Phi) is 5.28. The van der Waals surface area contributed by atoms with E-state index in [1.165, 1.54) is 25.7 Å². The molecular formula is C22H23N3O3. The molecule has 6 heteroatoms. The van der Waals surface area contributed by atoms with Crippen LogP contribution in [0.1, 0.15) is 29.8 Å². The van der Waals surface area contributed by atoms with E-state index in [1.54, 1.807) is 7.11 Å². The molecule has 0 spiro atoms. The smallest absolute Gasteiger partial charge is 0.278 e. The van der Waals surface area contributed by atoms with Gasteiger partial charge in [0.05, 0.1) is 18.5 Å². The Morgan fingerprint density at radius 1 is 1.11 bits per heavy atom. The maximum absolute atomic E-state index is 13.0. The maximum atomic E-state index is 13.0. The molecule has 1 aromatic heterocycles. The third-order valence-corrected chi connectivity index (χ3v) is 4.96. The monoisotopic (exact) mass is 377 g/mol. The van der Waals surface area contributed by atoms with Crippen molar-refractivity contribution in [2.45, 2.75) is 19.3 Å². The summed E-state index contributed by atoms with van der Waals surface area (Å²) in [5.74, 6) is 0.818. The van der Waals surface area contributed by atoms with E-state index in [-0.39, 0.29) is 11.6 Å². The molecule has 0 bridgehead atoms. The zero-order valence-electron chi connectivity index (χ0n) is 15.9. The van der Waals surface area contributed by atoms with Crippen molar-refractivity contribution in [3.8, 4) is 17.1 Å². The summed E-state index contributed by atoms with van der Waals surface area (Å²) < 4.78 is 10.8. The summed E-state index contributed by atoms with van der Waals surface area (Å²) in [6.07, 6.45) is 4.89. The van der Waals surface area contributed by atoms with Gasteiger partial charge in [0.25, 0.3) is 5.91 Å². The number of carbonyl (C=O) groups excluding carboxylic acids is 1. The van der Waals surface area contributed by atoms with Crippen molar-refractivity contribution in [1.82, 2.24) is 4.98 Å². The molecule has 1 fully saturated rings. The SMILES string of the molecule is COc1cccc(-c2ocnc2C(=O)Nc2ccccc2N2CCCCC2)c1. The van der Waals surface area contributed by atoms with Gasteiger partial charge < -0.3 is 19.4 Å². The Bertz CT molecular complexity index is 961. The first-order chi connectivity index (χ1) is 13.8. The second-order valence-corrected chi connectivity index (χ2v) is 6.78. The zero-order chi connectivity index (χ0) is 19.3. The number of anilines is 2. The van der Waals surface area contributed by atoms with Crippen molar-refractivity contribution in [3.05, 3.63) is 60.6 Å². The molecule has 3 aromatic rings. The van der Waals surface area contributed by atoms with Crippen molar-refractivity contribution in [3.63, 3.8) is 0 Å². The van der Waals surface area contributed by atoms with Crippen LogP contribution in [0.15, 0.2) is 59.3 Å². The summed E-state index contributed by atoms with van der Waals surface area (Å²) in [6.45, 7) is 2.01. The summed E-state index contributed by atoms with van der Waals surface area (Å²) in [7, 11) is 1.60. The molecule has 1 saturated heterocycles. The molecule has 0 atom stereocenters. The Balaban J connectivity index is 1.60. The van der Waals surface area contributed by atoms with Gasteiger partial charge in [-0.1, -0.05) is 24.3 Å². The summed E-state index contributed by atoms with van der Waals surface area (Å²) in [4.78, 5) is 19.5. The van der Waals surface area contributed by atoms with Crippen molar-refractivity contribution in [2.75, 3.05) is 30.4 Å². The molecule has 1 N–H and O–H groups in total. The minimum absolute atomic E-state index is 0.252. The van der Waals surface area contributed by atoms with Crippen LogP contribution in [0, 0.1) is 0 Å². The first kappa shape index (κ1) is 18.1. The number of piperidine rings is 1. The Hall–Kier alpha value is -3.28. The molecule has 144 valence electrons. The van der Waals surface area contributed by atoms with Gasteiger partial charge in [-0.3, -0.25) is 4.79 Å². The summed E-state index contributed by atoms with van der Waals surface area (Å²) in [5.41, 5.74) is 2.82. The minimum Gasteiger partial charge on any atom is -0.497 e. The first-order valence-electron chi connectivity index (χ1n) is 9.49. The third-order valence-electron chi connectivity index (χ3n) is 4.96. The number of rotatable bonds is 5. The van der Waals surface area contributed by atoms with Gasteiger partial charge in [-0.2, -0.15) is 0 Å². The zero-order valence-corrected chi connectivity index (χ0v) is 15.9. The number of methoxy groups -OCH3 is 1. The van der Waals surface area contributed by atoms with Crippen LogP contribution in [0.2, 0.25) is 0 Å². The van der Waals surface area contributed by atoms with E-state index in [0.717, 1.165) is 30.0 Å². The van der Waals surface area contributed by atoms with Gasteiger partial charge in [0, 0.05) is 18.7 Å². The van der Waals surface area contributed by atoms with E-state index >= 15 is 0 Å². The standard InChI is InChI=1S/C22H23N3O3/c1-27-17-9-7-8-16(14-17)21-20(23-15-28-21)22(26)24-18-10-3-4-11-19(18)25-12-5-2-6-13-25/h3-4,7-11,14-15H,2,5-6,12-13H2,1H3,(H,24,26). The highest BCUT2D eigenvalue weighted by atomic mass is 16.5. The topological polar surface area (TPSA) is 67.6 Å². The number of aromatic nitrogens is 1. The molecule has 0 radical (unpaired) electrons. The fourth-order valence-electron chi connectivity index (χ4n) is 3.55. The fraction of sp³-hybridized carbons (Fsp3) is 0.273. The lowest BCUT2D eigenvalue weighted by molar-refractivity contribution is 0.102. The second-order valence-electron chi connectivity index (χ2n) is 6.78. The number of hydrogen-bond acceptors (Lipinski definition) is 5. The second kappa shape index (κ2) is 8.17. The van der Waals surface area contributed by atoms with Crippen LogP contribution in [-0.2, 0) is 0 Å². The quantitative estimate of drug-likeness (QED) is 0.704. The highest BCUT2D eigenvalue weighted by molar-refractivity contribution is 6.07. The van der Waals surface area contributed by atoms with Gasteiger partial charge in [-0.25, -0.2) is 4.98 Å². The lowest BCUT2D eigenvalue weighted by Crippen LogP contribution is -2.30. The predicted molar refractivity (Wildman–Crippen MR) is 109 cm³/mol. The van der Waals surface area contributed by atoms with Crippen LogP contribution in [0.4, 0.5) is 11.4 Å². The molecule has 0 aliphatic carbocycles. The molecule has 1 aliphatic rings. The van der Waals surface area contributed by atoms with Crippen molar-refractivity contribution in [1.29, 1.82) is 0 Å². The Morgan fingerprint density at radius 2 is 1.93 bits per heavy atom. The summed E-state index contributed by atoms with van der Waals surface area (Å²) >= 11 is 0. The number of oxazole rings is 1. The van der Waals surface area contributed by atoms with Crippen LogP contribution < -0.4 is 15.0 Å². The van der Waals surface area contributed by atoms with Gasteiger partial charge in [-0.15, -0.1) is 0 Å². The predicted octanol–water partition coefficient (Wildman–Crippen LogP) is 4.59. The van der Waals surface area contributed by atoms with Crippen molar-refractivity contribution < 1.29 is 13.9 Å². The number of benzene rings is 2. The maximum Gasteiger partial charge on any atom is 0.278 e. The number of nitrogens with zero attached hydrogens (tertiary/aromatic N) is 2. The molecule has 4 rings (SSSR count). The molecule has 6 nitrogen and oxygen atoms in total. The molecule has 1 amide bonds. The number of para-hydroxylation sites is 2. The van der Waals surface area contributed by atoms with E-state index in [1.807, 2.05) is 48.5 Å². The lowest BCUT2D eigenvalue weighted by atomic mass is 10.1. The molecular weight excluding hydrogens is 354 g/mol. The van der Waals surface area contributed by atoms with E-state index in [2.05, 4.69) is 15.2 Å². The van der Waals surface area contributed by atoms with Gasteiger partial charge >= 0.3 is 0 Å². The van der Waals surface area contributed by atoms with E-state index in [9.17, 15) is 4.79 Å². The molecule has 28 heavy (non-hydrogen) atoms. The van der Waals surface area contributed by atoms with Crippen LogP contribution in [0.25, 0.3) is 11.3 Å². The minimum atomic E-state index is -0.295. The first-order valence-corrected chi connectivity index (χ1v) is 9.49. The molecule has 1 aliphatic heterocycles. The summed E-state index contributed by atoms with van der Waals surface area (Å²) in [5, 5.41) is 3.01. The highest BCUT2D eigenvalue weighted by Gasteiger charge is 2.21. The van der Waals surface area contributed by atoms with Gasteiger partial charge in [0.2, 0.25) is 0 Å². The summed E-state index contributed by atoms with van der Waals surface area (Å²) in [6, 6.07) is 15.3. The molecule has 0 saturated carbocycles. The molecule has 2 aromatic carbocycles. The average Bonchev–Trinajstić information content (AvgIpc) is 3.25. The van der Waals surface area contributed by atoms with E-state index < -0.39 is 0 Å². The van der Waals surface area contributed by atoms with Crippen molar-refractivity contribution in [2.24, 2.45) is 0 Å². The van der Waals surface area contributed by atoms with Crippen LogP contribution in [0.3, 0.4) is 0 Å². The Labute approximate surface area is 164 Å². The van der Waals surface area contributed by atoms with Crippen LogP contribution in [-0.4, -0.2) is 31.1 Å². The van der Waals surface area contributed by atoms with E-state index in [0.29, 0.717) is 11.5 Å². The average molecular weight is 377 g/mol. The van der Waals surface area contributed by atoms with Gasteiger partial charge in [-0.05, 0) is 43.5 Å². The third kappa shape index (κ3) is 3.71.